The molecule has 0 saturated heterocycles. The lowest BCUT2D eigenvalue weighted by Crippen LogP contribution is -2.17. The third kappa shape index (κ3) is 4.02. The number of hydrogen-bond donors (Lipinski definition) is 2. The van der Waals surface area contributed by atoms with Gasteiger partial charge in [0, 0.05) is 27.3 Å². The lowest BCUT2D eigenvalue weighted by Gasteiger charge is -2.11. The predicted molar refractivity (Wildman–Crippen MR) is 132 cm³/mol. The summed E-state index contributed by atoms with van der Waals surface area (Å²) >= 11 is 1.56. The van der Waals surface area contributed by atoms with Crippen LogP contribution in [0.1, 0.15) is 26.6 Å². The van der Waals surface area contributed by atoms with Gasteiger partial charge in [0.1, 0.15) is 11.6 Å². The Hall–Kier alpha value is -4.10. The van der Waals surface area contributed by atoms with Crippen LogP contribution in [0.15, 0.2) is 72.8 Å². The molecule has 7 heteroatoms. The van der Waals surface area contributed by atoms with E-state index in [-0.39, 0.29) is 17.3 Å². The first-order valence-corrected chi connectivity index (χ1v) is 11.5. The molecule has 34 heavy (non-hydrogen) atoms. The second-order valence-corrected chi connectivity index (χ2v) is 9.15. The molecule has 0 bridgehead atoms. The molecule has 0 saturated carbocycles. The van der Waals surface area contributed by atoms with Crippen molar-refractivity contribution in [3.63, 3.8) is 0 Å². The van der Waals surface area contributed by atoms with Gasteiger partial charge in [-0.2, -0.15) is 0 Å². The quantitative estimate of drug-likeness (QED) is 0.337. The maximum Gasteiger partial charge on any atom is 0.269 e. The number of aromatic nitrogens is 2. The first kappa shape index (κ1) is 21.7. The van der Waals surface area contributed by atoms with Crippen LogP contribution in [-0.4, -0.2) is 21.0 Å². The van der Waals surface area contributed by atoms with E-state index in [1.54, 1.807) is 53.8 Å². The molecule has 0 unspecified atom stereocenters. The summed E-state index contributed by atoms with van der Waals surface area (Å²) < 4.78 is 14.5. The Bertz CT molecular complexity index is 1560. The van der Waals surface area contributed by atoms with Gasteiger partial charge in [-0.05, 0) is 60.5 Å². The zero-order valence-electron chi connectivity index (χ0n) is 18.2. The zero-order valence-corrected chi connectivity index (χ0v) is 19.1. The van der Waals surface area contributed by atoms with E-state index < -0.39 is 5.91 Å². The van der Waals surface area contributed by atoms with Gasteiger partial charge in [0.05, 0.1) is 16.7 Å². The average molecular weight is 470 g/mol. The Morgan fingerprint density at radius 3 is 2.56 bits per heavy atom. The molecular formula is C27H20FN3O2S. The normalized spacial score (nSPS) is 11.1. The number of fused-ring (bicyclic) bond motifs is 1. The van der Waals surface area contributed by atoms with E-state index in [9.17, 15) is 14.3 Å². The van der Waals surface area contributed by atoms with Crippen molar-refractivity contribution < 1.29 is 14.3 Å². The van der Waals surface area contributed by atoms with E-state index in [4.69, 9.17) is 10.7 Å². The fraction of sp³-hybridized carbons (Fsp3) is 0.0741. The molecule has 2 aromatic heterocycles. The van der Waals surface area contributed by atoms with Crippen molar-refractivity contribution >= 4 is 28.3 Å². The Kier molecular flexibility index (Phi) is 5.55. The van der Waals surface area contributed by atoms with E-state index >= 15 is 0 Å². The number of rotatable bonds is 5. The summed E-state index contributed by atoms with van der Waals surface area (Å²) in [7, 11) is 0. The number of para-hydroxylation sites is 1. The van der Waals surface area contributed by atoms with Crippen LogP contribution in [0.4, 0.5) is 4.39 Å². The Labute approximate surface area is 199 Å². The third-order valence-electron chi connectivity index (χ3n) is 5.65. The molecule has 5 aromatic rings. The van der Waals surface area contributed by atoms with Crippen molar-refractivity contribution in [2.75, 3.05) is 0 Å². The molecule has 0 aliphatic rings. The number of phenols is 1. The van der Waals surface area contributed by atoms with Gasteiger partial charge in [0.2, 0.25) is 0 Å². The Balaban J connectivity index is 1.59. The number of nitrogens with zero attached hydrogens (tertiary/aromatic N) is 2. The van der Waals surface area contributed by atoms with Gasteiger partial charge in [-0.3, -0.25) is 4.79 Å². The highest BCUT2D eigenvalue weighted by atomic mass is 32.1. The van der Waals surface area contributed by atoms with Gasteiger partial charge in [-0.1, -0.05) is 30.3 Å². The number of thiophene rings is 1. The van der Waals surface area contributed by atoms with Gasteiger partial charge in [0.25, 0.3) is 5.91 Å². The molecule has 5 nitrogen and oxygen atoms in total. The van der Waals surface area contributed by atoms with Crippen molar-refractivity contribution in [1.29, 1.82) is 0 Å². The molecule has 0 spiro atoms. The van der Waals surface area contributed by atoms with Crippen LogP contribution in [0.3, 0.4) is 0 Å². The van der Waals surface area contributed by atoms with Crippen LogP contribution in [0.25, 0.3) is 32.6 Å². The summed E-state index contributed by atoms with van der Waals surface area (Å²) in [6.07, 6.45) is 0.356. The van der Waals surface area contributed by atoms with Crippen molar-refractivity contribution in [2.45, 2.75) is 13.3 Å². The molecule has 0 atom stereocenters. The fourth-order valence-corrected chi connectivity index (χ4v) is 4.94. The van der Waals surface area contributed by atoms with Gasteiger partial charge in [0.15, 0.2) is 5.69 Å². The highest BCUT2D eigenvalue weighted by Gasteiger charge is 2.18. The van der Waals surface area contributed by atoms with Crippen LogP contribution in [0, 0.1) is 12.7 Å². The van der Waals surface area contributed by atoms with Crippen molar-refractivity contribution in [3.8, 4) is 27.3 Å². The summed E-state index contributed by atoms with van der Waals surface area (Å²) in [4.78, 5) is 23.5. The van der Waals surface area contributed by atoms with Crippen LogP contribution >= 0.6 is 11.3 Å². The first-order chi connectivity index (χ1) is 16.4. The highest BCUT2D eigenvalue weighted by molar-refractivity contribution is 7.15. The minimum absolute atomic E-state index is 0.105. The molecule has 0 fully saturated rings. The predicted octanol–water partition coefficient (Wildman–Crippen LogP) is 5.87. The number of halogens is 1. The number of hydrogen-bond acceptors (Lipinski definition) is 5. The van der Waals surface area contributed by atoms with Gasteiger partial charge in [-0.15, -0.1) is 11.3 Å². The monoisotopic (exact) mass is 469 g/mol. The van der Waals surface area contributed by atoms with E-state index in [1.807, 2.05) is 31.2 Å². The maximum atomic E-state index is 14.5. The number of aryl methyl sites for hydroxylation is 1. The fourth-order valence-electron chi connectivity index (χ4n) is 3.93. The zero-order chi connectivity index (χ0) is 23.8. The van der Waals surface area contributed by atoms with Gasteiger partial charge in [-0.25, -0.2) is 14.4 Å². The highest BCUT2D eigenvalue weighted by Crippen LogP contribution is 2.33. The number of carbonyl (C=O) groups excluding carboxylic acids is 1. The molecule has 168 valence electrons. The molecule has 0 aliphatic carbocycles. The molecule has 0 aliphatic heterocycles. The summed E-state index contributed by atoms with van der Waals surface area (Å²) in [6, 6.07) is 21.2. The summed E-state index contributed by atoms with van der Waals surface area (Å²) in [5.74, 6) is -0.764. The topological polar surface area (TPSA) is 89.1 Å². The van der Waals surface area contributed by atoms with E-state index in [1.165, 1.54) is 6.07 Å². The lowest BCUT2D eigenvalue weighted by molar-refractivity contribution is 0.0994. The van der Waals surface area contributed by atoms with Crippen molar-refractivity contribution in [3.05, 3.63) is 100 Å². The average Bonchev–Trinajstić information content (AvgIpc) is 3.29. The second-order valence-electron chi connectivity index (χ2n) is 7.98. The smallest absolute Gasteiger partial charge is 0.269 e. The van der Waals surface area contributed by atoms with Crippen LogP contribution in [0.2, 0.25) is 0 Å². The second kappa shape index (κ2) is 8.68. The lowest BCUT2D eigenvalue weighted by atomic mass is 10.0. The minimum Gasteiger partial charge on any atom is -0.508 e. The molecule has 5 rings (SSSR count). The SMILES string of the molecule is Cc1cc(-c2ccc(Cc3nc4c(-c5ccccc5F)cccc4nc3C(N)=O)s2)ccc1O. The van der Waals surface area contributed by atoms with E-state index in [0.717, 1.165) is 20.9 Å². The summed E-state index contributed by atoms with van der Waals surface area (Å²) in [5, 5.41) is 9.80. The molecule has 3 aromatic carbocycles. The van der Waals surface area contributed by atoms with Crippen molar-refractivity contribution in [2.24, 2.45) is 5.73 Å². The summed E-state index contributed by atoms with van der Waals surface area (Å²) in [6.45, 7) is 1.85. The molecule has 2 heterocycles. The van der Waals surface area contributed by atoms with Crippen molar-refractivity contribution in [1.82, 2.24) is 9.97 Å². The minimum atomic E-state index is -0.661. The van der Waals surface area contributed by atoms with Crippen LogP contribution < -0.4 is 5.73 Å². The molecule has 3 N–H and O–H groups in total. The largest absolute Gasteiger partial charge is 0.508 e. The number of amides is 1. The number of nitrogens with two attached hydrogens (primary N) is 1. The summed E-state index contributed by atoms with van der Waals surface area (Å²) in [5.41, 5.74) is 9.99. The number of carbonyl (C=O) groups is 1. The van der Waals surface area contributed by atoms with Gasteiger partial charge < -0.3 is 10.8 Å². The standard InChI is InChI=1S/C27H20FN3O2S/c1-15-13-16(9-11-23(15)32)24-12-10-17(34-24)14-22-26(27(29)33)30-21-8-4-6-19(25(21)31-22)18-5-2-3-7-20(18)28/h2-13,32H,14H2,1H3,(H2,29,33). The third-order valence-corrected chi connectivity index (χ3v) is 6.78. The number of aromatic hydroxyl groups is 1. The molecule has 1 amide bonds. The molecular weight excluding hydrogens is 449 g/mol. The number of benzene rings is 3. The number of primary amides is 1. The molecule has 0 radical (unpaired) electrons. The first-order valence-electron chi connectivity index (χ1n) is 10.6. The Morgan fingerprint density at radius 1 is 1.00 bits per heavy atom. The number of phenolic OH excluding ortho intramolecular Hbond substituents is 1. The maximum absolute atomic E-state index is 14.5. The van der Waals surface area contributed by atoms with E-state index in [2.05, 4.69) is 4.98 Å². The van der Waals surface area contributed by atoms with E-state index in [0.29, 0.717) is 34.3 Å². The van der Waals surface area contributed by atoms with Crippen LogP contribution in [0.5, 0.6) is 5.75 Å². The van der Waals surface area contributed by atoms with Gasteiger partial charge >= 0.3 is 0 Å². The Morgan fingerprint density at radius 2 is 1.79 bits per heavy atom. The van der Waals surface area contributed by atoms with Crippen LogP contribution in [-0.2, 0) is 6.42 Å².